The molecule has 1 aliphatic rings. The van der Waals surface area contributed by atoms with E-state index in [1.807, 2.05) is 24.3 Å². The van der Waals surface area contributed by atoms with E-state index in [0.29, 0.717) is 5.56 Å². The fraction of sp³-hybridized carbons (Fsp3) is 0.167. The molecule has 3 rings (SSSR count). The molecule has 0 radical (unpaired) electrons. The molecule has 0 spiro atoms. The van der Waals surface area contributed by atoms with Crippen molar-refractivity contribution in [1.29, 1.82) is 0 Å². The van der Waals surface area contributed by atoms with E-state index in [1.54, 1.807) is 17.6 Å². The van der Waals surface area contributed by atoms with Crippen LogP contribution in [0.25, 0.3) is 6.08 Å². The molecule has 0 saturated heterocycles. The van der Waals surface area contributed by atoms with E-state index in [1.165, 1.54) is 11.3 Å². The number of rotatable bonds is 3. The molecule has 4 heteroatoms. The second-order valence-corrected chi connectivity index (χ2v) is 5.35. The van der Waals surface area contributed by atoms with Crippen LogP contribution in [-0.4, -0.2) is 17.7 Å². The number of hydroxylamine groups is 1. The standard InChI is InChI=1S/C18H18N2O2/c1-13(14-8-10-16(11-9-14)18(21)19-22)20-12-4-6-15-5-2-3-7-17(15)20/h2-11,13,22H,12H2,1H3,(H,19,21). The largest absolute Gasteiger partial charge is 0.361 e. The zero-order chi connectivity index (χ0) is 15.5. The number of benzene rings is 2. The van der Waals surface area contributed by atoms with Crippen molar-refractivity contribution in [2.45, 2.75) is 13.0 Å². The molecule has 1 amide bonds. The molecule has 1 heterocycles. The Hall–Kier alpha value is -2.59. The number of amides is 1. The lowest BCUT2D eigenvalue weighted by Gasteiger charge is -2.34. The Kier molecular flexibility index (Phi) is 3.94. The molecule has 4 nitrogen and oxygen atoms in total. The Labute approximate surface area is 129 Å². The minimum atomic E-state index is -0.495. The number of carbonyl (C=O) groups excluding carboxylic acids is 1. The van der Waals surface area contributed by atoms with E-state index in [9.17, 15) is 4.79 Å². The number of para-hydroxylation sites is 1. The van der Waals surface area contributed by atoms with Gasteiger partial charge in [-0.1, -0.05) is 42.5 Å². The van der Waals surface area contributed by atoms with Crippen molar-refractivity contribution in [1.82, 2.24) is 5.48 Å². The number of nitrogens with zero attached hydrogens (tertiary/aromatic N) is 1. The van der Waals surface area contributed by atoms with Gasteiger partial charge in [0.15, 0.2) is 0 Å². The minimum absolute atomic E-state index is 0.192. The molecule has 2 aromatic carbocycles. The first-order valence-corrected chi connectivity index (χ1v) is 7.27. The van der Waals surface area contributed by atoms with Gasteiger partial charge in [-0.05, 0) is 36.2 Å². The van der Waals surface area contributed by atoms with Gasteiger partial charge in [0.05, 0.1) is 6.04 Å². The van der Waals surface area contributed by atoms with Crippen molar-refractivity contribution in [3.63, 3.8) is 0 Å². The lowest BCUT2D eigenvalue weighted by Crippen LogP contribution is -2.29. The highest BCUT2D eigenvalue weighted by Gasteiger charge is 2.19. The summed E-state index contributed by atoms with van der Waals surface area (Å²) < 4.78 is 0. The molecule has 22 heavy (non-hydrogen) atoms. The van der Waals surface area contributed by atoms with E-state index in [0.717, 1.165) is 12.1 Å². The Morgan fingerprint density at radius 2 is 1.91 bits per heavy atom. The molecule has 1 atom stereocenters. The summed E-state index contributed by atoms with van der Waals surface area (Å²) in [6.07, 6.45) is 4.31. The lowest BCUT2D eigenvalue weighted by molar-refractivity contribution is 0.0706. The molecule has 0 aromatic heterocycles. The topological polar surface area (TPSA) is 52.6 Å². The average molecular weight is 294 g/mol. The first-order valence-electron chi connectivity index (χ1n) is 7.27. The highest BCUT2D eigenvalue weighted by Crippen LogP contribution is 2.32. The first kappa shape index (κ1) is 14.4. The van der Waals surface area contributed by atoms with E-state index < -0.39 is 5.91 Å². The van der Waals surface area contributed by atoms with Crippen LogP contribution in [0, 0.1) is 0 Å². The molecule has 2 aromatic rings. The first-order chi connectivity index (χ1) is 10.7. The van der Waals surface area contributed by atoms with Gasteiger partial charge in [0, 0.05) is 17.8 Å². The molecular formula is C18H18N2O2. The van der Waals surface area contributed by atoms with Crippen LogP contribution in [0.3, 0.4) is 0 Å². The average Bonchev–Trinajstić information content (AvgIpc) is 2.60. The minimum Gasteiger partial charge on any atom is -0.361 e. The molecule has 0 aliphatic carbocycles. The summed E-state index contributed by atoms with van der Waals surface area (Å²) in [7, 11) is 0. The third-order valence-electron chi connectivity index (χ3n) is 4.07. The summed E-state index contributed by atoms with van der Waals surface area (Å²) in [6, 6.07) is 15.8. The van der Waals surface area contributed by atoms with E-state index >= 15 is 0 Å². The van der Waals surface area contributed by atoms with Crippen LogP contribution in [0.1, 0.15) is 34.5 Å². The fourth-order valence-corrected chi connectivity index (χ4v) is 2.81. The van der Waals surface area contributed by atoms with Gasteiger partial charge in [-0.25, -0.2) is 5.48 Å². The van der Waals surface area contributed by atoms with Crippen molar-refractivity contribution in [2.75, 3.05) is 11.4 Å². The third kappa shape index (κ3) is 2.61. The number of hydrogen-bond acceptors (Lipinski definition) is 3. The van der Waals surface area contributed by atoms with Crippen LogP contribution in [0.4, 0.5) is 5.69 Å². The molecule has 1 unspecified atom stereocenters. The van der Waals surface area contributed by atoms with E-state index in [4.69, 9.17) is 5.21 Å². The number of carbonyl (C=O) groups is 1. The summed E-state index contributed by atoms with van der Waals surface area (Å²) in [6.45, 7) is 3.01. The van der Waals surface area contributed by atoms with Crippen molar-refractivity contribution in [3.8, 4) is 0 Å². The van der Waals surface area contributed by atoms with Gasteiger partial charge < -0.3 is 4.90 Å². The van der Waals surface area contributed by atoms with Crippen LogP contribution in [0.15, 0.2) is 54.6 Å². The Morgan fingerprint density at radius 1 is 1.18 bits per heavy atom. The van der Waals surface area contributed by atoms with Crippen LogP contribution < -0.4 is 10.4 Å². The molecule has 0 fully saturated rings. The summed E-state index contributed by atoms with van der Waals surface area (Å²) in [5.41, 5.74) is 5.65. The summed E-state index contributed by atoms with van der Waals surface area (Å²) in [5, 5.41) is 8.66. The van der Waals surface area contributed by atoms with Crippen LogP contribution in [-0.2, 0) is 0 Å². The molecule has 112 valence electrons. The number of fused-ring (bicyclic) bond motifs is 1. The summed E-state index contributed by atoms with van der Waals surface area (Å²) in [4.78, 5) is 13.7. The second kappa shape index (κ2) is 6.03. The van der Waals surface area contributed by atoms with Crippen molar-refractivity contribution in [3.05, 3.63) is 71.3 Å². The molecule has 0 saturated carbocycles. The van der Waals surface area contributed by atoms with Crippen LogP contribution in [0.2, 0.25) is 0 Å². The Morgan fingerprint density at radius 3 is 2.64 bits per heavy atom. The predicted octanol–water partition coefficient (Wildman–Crippen LogP) is 3.40. The molecule has 0 bridgehead atoms. The quantitative estimate of drug-likeness (QED) is 0.674. The fourth-order valence-electron chi connectivity index (χ4n) is 2.81. The number of anilines is 1. The monoisotopic (exact) mass is 294 g/mol. The Bertz CT molecular complexity index is 707. The van der Waals surface area contributed by atoms with Crippen molar-refractivity contribution < 1.29 is 10.0 Å². The van der Waals surface area contributed by atoms with Crippen LogP contribution >= 0.6 is 0 Å². The molecular weight excluding hydrogens is 276 g/mol. The van der Waals surface area contributed by atoms with Gasteiger partial charge in [0.1, 0.15) is 0 Å². The summed E-state index contributed by atoms with van der Waals surface area (Å²) in [5.74, 6) is -0.495. The van der Waals surface area contributed by atoms with Gasteiger partial charge in [-0.2, -0.15) is 0 Å². The third-order valence-corrected chi connectivity index (χ3v) is 4.07. The highest BCUT2D eigenvalue weighted by atomic mass is 16.5. The van der Waals surface area contributed by atoms with E-state index in [2.05, 4.69) is 36.1 Å². The lowest BCUT2D eigenvalue weighted by atomic mass is 10.0. The SMILES string of the molecule is CC(c1ccc(C(=O)NO)cc1)N1CC=Cc2ccccc21. The van der Waals surface area contributed by atoms with Crippen molar-refractivity contribution >= 4 is 17.7 Å². The smallest absolute Gasteiger partial charge is 0.274 e. The maximum absolute atomic E-state index is 11.4. The zero-order valence-electron chi connectivity index (χ0n) is 12.4. The van der Waals surface area contributed by atoms with Crippen molar-refractivity contribution in [2.24, 2.45) is 0 Å². The molecule has 1 aliphatic heterocycles. The maximum Gasteiger partial charge on any atom is 0.274 e. The second-order valence-electron chi connectivity index (χ2n) is 5.35. The summed E-state index contributed by atoms with van der Waals surface area (Å²) >= 11 is 0. The maximum atomic E-state index is 11.4. The normalized spacial score (nSPS) is 14.4. The van der Waals surface area contributed by atoms with Gasteiger partial charge in [0.2, 0.25) is 0 Å². The van der Waals surface area contributed by atoms with Crippen LogP contribution in [0.5, 0.6) is 0 Å². The Balaban J connectivity index is 1.87. The highest BCUT2D eigenvalue weighted by molar-refractivity contribution is 5.93. The zero-order valence-corrected chi connectivity index (χ0v) is 12.4. The molecule has 2 N–H and O–H groups in total. The van der Waals surface area contributed by atoms with Gasteiger partial charge >= 0.3 is 0 Å². The predicted molar refractivity (Wildman–Crippen MR) is 86.9 cm³/mol. The number of hydrogen-bond donors (Lipinski definition) is 2. The van der Waals surface area contributed by atoms with E-state index in [-0.39, 0.29) is 6.04 Å². The number of nitrogens with one attached hydrogen (secondary N) is 1. The van der Waals surface area contributed by atoms with Gasteiger partial charge in [-0.3, -0.25) is 10.0 Å². The van der Waals surface area contributed by atoms with Gasteiger partial charge in [0.25, 0.3) is 5.91 Å². The van der Waals surface area contributed by atoms with Gasteiger partial charge in [-0.15, -0.1) is 0 Å².